The van der Waals surface area contributed by atoms with E-state index in [1.165, 1.54) is 5.56 Å². The van der Waals surface area contributed by atoms with Gasteiger partial charge in [0.2, 0.25) is 5.91 Å². The minimum Gasteiger partial charge on any atom is -0.325 e. The van der Waals surface area contributed by atoms with Gasteiger partial charge in [0.25, 0.3) is 0 Å². The summed E-state index contributed by atoms with van der Waals surface area (Å²) in [5, 5.41) is 7.20. The van der Waals surface area contributed by atoms with Crippen molar-refractivity contribution in [3.63, 3.8) is 0 Å². The van der Waals surface area contributed by atoms with Crippen LogP contribution in [0.25, 0.3) is 0 Å². The Bertz CT molecular complexity index is 556. The van der Waals surface area contributed by atoms with Crippen molar-refractivity contribution in [2.24, 2.45) is 0 Å². The number of carbonyl (C=O) groups excluding carboxylic acids is 1. The number of anilines is 1. The molecule has 104 valence electrons. The lowest BCUT2D eigenvalue weighted by atomic mass is 10.1. The third-order valence-electron chi connectivity index (χ3n) is 3.60. The smallest absolute Gasteiger partial charge is 0.238 e. The van der Waals surface area contributed by atoms with Crippen molar-refractivity contribution < 1.29 is 4.79 Å². The van der Waals surface area contributed by atoms with Crippen molar-refractivity contribution in [2.75, 3.05) is 18.4 Å². The predicted molar refractivity (Wildman–Crippen MR) is 80.7 cm³/mol. The molecular weight excluding hydrogens is 270 g/mol. The van der Waals surface area contributed by atoms with Crippen LogP contribution in [0.2, 0.25) is 0 Å². The number of likely N-dealkylation sites (tertiary alicyclic amines) is 1. The molecule has 2 aromatic heterocycles. The fourth-order valence-electron chi connectivity index (χ4n) is 2.68. The van der Waals surface area contributed by atoms with Crippen LogP contribution in [-0.4, -0.2) is 28.9 Å². The van der Waals surface area contributed by atoms with Gasteiger partial charge in [0.15, 0.2) is 0 Å². The molecule has 1 saturated heterocycles. The van der Waals surface area contributed by atoms with E-state index in [2.05, 4.69) is 32.0 Å². The summed E-state index contributed by atoms with van der Waals surface area (Å²) < 4.78 is 0. The molecule has 1 aliphatic rings. The highest BCUT2D eigenvalue weighted by atomic mass is 32.1. The molecule has 20 heavy (non-hydrogen) atoms. The fraction of sp³-hybridized carbons (Fsp3) is 0.333. The third kappa shape index (κ3) is 3.05. The summed E-state index contributed by atoms with van der Waals surface area (Å²) in [7, 11) is 0. The minimum absolute atomic E-state index is 0.0401. The van der Waals surface area contributed by atoms with Gasteiger partial charge < -0.3 is 5.32 Å². The Hall–Kier alpha value is -1.72. The molecule has 1 N–H and O–H groups in total. The van der Waals surface area contributed by atoms with E-state index in [0.717, 1.165) is 25.1 Å². The van der Waals surface area contributed by atoms with Crippen molar-refractivity contribution in [3.05, 3.63) is 46.9 Å². The maximum Gasteiger partial charge on any atom is 0.238 e. The molecule has 0 unspecified atom stereocenters. The number of aromatic nitrogens is 1. The summed E-state index contributed by atoms with van der Waals surface area (Å²) in [5.74, 6) is 0.0401. The second-order valence-electron chi connectivity index (χ2n) is 4.97. The van der Waals surface area contributed by atoms with Gasteiger partial charge in [-0.15, -0.1) is 0 Å². The molecule has 1 fully saturated rings. The molecule has 4 nitrogen and oxygen atoms in total. The molecule has 0 aromatic carbocycles. The lowest BCUT2D eigenvalue weighted by Gasteiger charge is -2.23. The van der Waals surface area contributed by atoms with E-state index in [0.29, 0.717) is 12.6 Å². The molecule has 0 saturated carbocycles. The van der Waals surface area contributed by atoms with Crippen LogP contribution in [0.1, 0.15) is 24.4 Å². The lowest BCUT2D eigenvalue weighted by molar-refractivity contribution is -0.117. The van der Waals surface area contributed by atoms with Gasteiger partial charge in [0.1, 0.15) is 0 Å². The van der Waals surface area contributed by atoms with E-state index >= 15 is 0 Å². The van der Waals surface area contributed by atoms with Crippen molar-refractivity contribution in [3.8, 4) is 0 Å². The molecular formula is C15H17N3OS. The van der Waals surface area contributed by atoms with E-state index in [4.69, 9.17) is 0 Å². The minimum atomic E-state index is 0.0401. The average Bonchev–Trinajstić information content (AvgIpc) is 3.10. The van der Waals surface area contributed by atoms with Crippen LogP contribution in [-0.2, 0) is 4.79 Å². The lowest BCUT2D eigenvalue weighted by Crippen LogP contribution is -2.32. The van der Waals surface area contributed by atoms with Crippen LogP contribution in [0.15, 0.2) is 41.4 Å². The number of rotatable bonds is 4. The predicted octanol–water partition coefficient (Wildman–Crippen LogP) is 2.92. The summed E-state index contributed by atoms with van der Waals surface area (Å²) in [4.78, 5) is 18.3. The summed E-state index contributed by atoms with van der Waals surface area (Å²) in [6, 6.07) is 6.16. The summed E-state index contributed by atoms with van der Waals surface area (Å²) >= 11 is 1.72. The first-order chi connectivity index (χ1) is 9.83. The van der Waals surface area contributed by atoms with Crippen LogP contribution < -0.4 is 5.32 Å². The van der Waals surface area contributed by atoms with Crippen molar-refractivity contribution in [2.45, 2.75) is 18.9 Å². The Morgan fingerprint density at radius 1 is 1.40 bits per heavy atom. The zero-order valence-corrected chi connectivity index (χ0v) is 12.0. The molecule has 1 atom stereocenters. The Morgan fingerprint density at radius 3 is 3.00 bits per heavy atom. The van der Waals surface area contributed by atoms with Gasteiger partial charge >= 0.3 is 0 Å². The van der Waals surface area contributed by atoms with E-state index in [1.807, 2.05) is 0 Å². The van der Waals surface area contributed by atoms with Gasteiger partial charge in [-0.25, -0.2) is 0 Å². The number of carbonyl (C=O) groups is 1. The molecule has 1 amide bonds. The zero-order chi connectivity index (χ0) is 13.8. The highest BCUT2D eigenvalue weighted by molar-refractivity contribution is 7.07. The summed E-state index contributed by atoms with van der Waals surface area (Å²) in [6.07, 6.45) is 5.65. The second-order valence-corrected chi connectivity index (χ2v) is 5.75. The second kappa shape index (κ2) is 6.15. The molecule has 2 aromatic rings. The van der Waals surface area contributed by atoms with E-state index in [1.54, 1.807) is 35.9 Å². The highest BCUT2D eigenvalue weighted by Gasteiger charge is 2.27. The maximum absolute atomic E-state index is 12.1. The normalized spacial score (nSPS) is 19.1. The standard InChI is InChI=1S/C15H17N3OS/c19-15(17-13-3-6-16-7-4-13)10-18-8-1-2-14(18)12-5-9-20-11-12/h3-7,9,11,14H,1-2,8,10H2,(H,16,17,19)/t14-/m0/s1. The van der Waals surface area contributed by atoms with E-state index < -0.39 is 0 Å². The van der Waals surface area contributed by atoms with Crippen LogP contribution in [0.4, 0.5) is 5.69 Å². The Kier molecular flexibility index (Phi) is 4.08. The molecule has 0 aliphatic carbocycles. The van der Waals surface area contributed by atoms with Gasteiger partial charge in [-0.3, -0.25) is 14.7 Å². The molecule has 0 radical (unpaired) electrons. The third-order valence-corrected chi connectivity index (χ3v) is 4.30. The van der Waals surface area contributed by atoms with E-state index in [9.17, 15) is 4.79 Å². The van der Waals surface area contributed by atoms with E-state index in [-0.39, 0.29) is 5.91 Å². The highest BCUT2D eigenvalue weighted by Crippen LogP contribution is 2.32. The van der Waals surface area contributed by atoms with Gasteiger partial charge in [-0.1, -0.05) is 0 Å². The number of nitrogens with zero attached hydrogens (tertiary/aromatic N) is 2. The van der Waals surface area contributed by atoms with Crippen LogP contribution in [0.3, 0.4) is 0 Å². The summed E-state index contributed by atoms with van der Waals surface area (Å²) in [5.41, 5.74) is 2.14. The van der Waals surface area contributed by atoms with Gasteiger partial charge in [-0.05, 0) is 53.9 Å². The molecule has 3 heterocycles. The molecule has 5 heteroatoms. The number of amides is 1. The molecule has 0 spiro atoms. The Balaban J connectivity index is 1.61. The largest absolute Gasteiger partial charge is 0.325 e. The first kappa shape index (κ1) is 13.3. The monoisotopic (exact) mass is 287 g/mol. The average molecular weight is 287 g/mol. The number of hydrogen-bond acceptors (Lipinski definition) is 4. The van der Waals surface area contributed by atoms with Crippen molar-refractivity contribution in [1.82, 2.24) is 9.88 Å². The molecule has 1 aliphatic heterocycles. The van der Waals surface area contributed by atoms with Gasteiger partial charge in [-0.2, -0.15) is 11.3 Å². The van der Waals surface area contributed by atoms with Gasteiger partial charge in [0.05, 0.1) is 6.54 Å². The van der Waals surface area contributed by atoms with Crippen LogP contribution in [0, 0.1) is 0 Å². The number of nitrogens with one attached hydrogen (secondary N) is 1. The Labute approximate surface area is 122 Å². The van der Waals surface area contributed by atoms with Crippen LogP contribution in [0.5, 0.6) is 0 Å². The van der Waals surface area contributed by atoms with Crippen LogP contribution >= 0.6 is 11.3 Å². The SMILES string of the molecule is O=C(CN1CCC[C@H]1c1ccsc1)Nc1ccncc1. The first-order valence-corrected chi connectivity index (χ1v) is 7.73. The molecule has 3 rings (SSSR count). The maximum atomic E-state index is 12.1. The van der Waals surface area contributed by atoms with Crippen molar-refractivity contribution in [1.29, 1.82) is 0 Å². The fourth-order valence-corrected chi connectivity index (χ4v) is 3.38. The molecule has 0 bridgehead atoms. The zero-order valence-electron chi connectivity index (χ0n) is 11.2. The quantitative estimate of drug-likeness (QED) is 0.940. The topological polar surface area (TPSA) is 45.2 Å². The number of pyridine rings is 1. The number of hydrogen-bond donors (Lipinski definition) is 1. The Morgan fingerprint density at radius 2 is 2.25 bits per heavy atom. The summed E-state index contributed by atoms with van der Waals surface area (Å²) in [6.45, 7) is 1.44. The first-order valence-electron chi connectivity index (χ1n) is 6.79. The van der Waals surface area contributed by atoms with Gasteiger partial charge in [0, 0.05) is 24.1 Å². The number of thiophene rings is 1. The van der Waals surface area contributed by atoms with Crippen molar-refractivity contribution >= 4 is 22.9 Å².